The highest BCUT2D eigenvalue weighted by Crippen LogP contribution is 2.28. The zero-order chi connectivity index (χ0) is 22.2. The van der Waals surface area contributed by atoms with E-state index in [-0.39, 0.29) is 10.8 Å². The van der Waals surface area contributed by atoms with Crippen molar-refractivity contribution in [2.75, 3.05) is 19.4 Å². The molecule has 2 N–H and O–H groups in total. The first-order valence-corrected chi connectivity index (χ1v) is 11.2. The summed E-state index contributed by atoms with van der Waals surface area (Å²) in [5.74, 6) is 0.292. The molecule has 7 nitrogen and oxygen atoms in total. The molecule has 158 valence electrons. The highest BCUT2D eigenvalue weighted by molar-refractivity contribution is 7.89. The fourth-order valence-corrected chi connectivity index (χ4v) is 4.19. The van der Waals surface area contributed by atoms with Crippen LogP contribution in [-0.2, 0) is 10.0 Å². The molecule has 31 heavy (non-hydrogen) atoms. The Kier molecular flexibility index (Phi) is 5.53. The van der Waals surface area contributed by atoms with Crippen LogP contribution in [0.2, 0.25) is 5.02 Å². The van der Waals surface area contributed by atoms with E-state index in [9.17, 15) is 13.2 Å². The van der Waals surface area contributed by atoms with Gasteiger partial charge in [0.2, 0.25) is 10.0 Å². The van der Waals surface area contributed by atoms with Gasteiger partial charge in [0.1, 0.15) is 5.82 Å². The van der Waals surface area contributed by atoms with Gasteiger partial charge in [0.15, 0.2) is 0 Å². The van der Waals surface area contributed by atoms with Crippen LogP contribution >= 0.6 is 11.6 Å². The number of aromatic amines is 1. The van der Waals surface area contributed by atoms with Crippen LogP contribution in [0, 0.1) is 0 Å². The quantitative estimate of drug-likeness (QED) is 0.467. The predicted molar refractivity (Wildman–Crippen MR) is 122 cm³/mol. The average Bonchev–Trinajstić information content (AvgIpc) is 3.17. The summed E-state index contributed by atoms with van der Waals surface area (Å²) < 4.78 is 25.4. The summed E-state index contributed by atoms with van der Waals surface area (Å²) in [5.41, 5.74) is 3.21. The van der Waals surface area contributed by atoms with Crippen molar-refractivity contribution in [3.05, 3.63) is 77.3 Å². The second kappa shape index (κ2) is 8.14. The van der Waals surface area contributed by atoms with Crippen LogP contribution in [0.15, 0.2) is 71.6 Å². The first kappa shape index (κ1) is 21.0. The number of benzene rings is 3. The van der Waals surface area contributed by atoms with Gasteiger partial charge in [-0.05, 0) is 54.6 Å². The van der Waals surface area contributed by atoms with Gasteiger partial charge < -0.3 is 10.3 Å². The molecule has 0 atom stereocenters. The molecule has 1 amide bonds. The molecule has 3 aromatic carbocycles. The molecule has 0 bridgehead atoms. The Morgan fingerprint density at radius 1 is 1.03 bits per heavy atom. The molecule has 0 fully saturated rings. The lowest BCUT2D eigenvalue weighted by Gasteiger charge is -2.11. The monoisotopic (exact) mass is 454 g/mol. The molecule has 0 unspecified atom stereocenters. The topological polar surface area (TPSA) is 95.2 Å². The summed E-state index contributed by atoms with van der Waals surface area (Å²) in [6, 6.07) is 18.5. The van der Waals surface area contributed by atoms with Gasteiger partial charge in [-0.2, -0.15) is 0 Å². The zero-order valence-electron chi connectivity index (χ0n) is 16.8. The maximum Gasteiger partial charge on any atom is 0.255 e. The van der Waals surface area contributed by atoms with Gasteiger partial charge in [0.05, 0.1) is 21.0 Å². The molecule has 0 aliphatic heterocycles. The minimum atomic E-state index is -3.55. The lowest BCUT2D eigenvalue weighted by Crippen LogP contribution is -2.22. The standard InChI is InChI=1S/C22H19ClN4O3S/c1-27(2)31(29,30)16-10-7-14(8-11-16)22(28)24-15-9-12-19-20(13-15)26-21(25-19)17-5-3-4-6-18(17)23/h3-13H,1-2H3,(H,24,28)(H,25,26). The van der Waals surface area contributed by atoms with E-state index < -0.39 is 10.0 Å². The molecular formula is C22H19ClN4O3S. The van der Waals surface area contributed by atoms with Crippen LogP contribution in [-0.4, -0.2) is 42.7 Å². The van der Waals surface area contributed by atoms with Crippen molar-refractivity contribution in [3.8, 4) is 11.4 Å². The van der Waals surface area contributed by atoms with E-state index in [4.69, 9.17) is 11.6 Å². The van der Waals surface area contributed by atoms with Gasteiger partial charge in [0.25, 0.3) is 5.91 Å². The molecule has 4 rings (SSSR count). The van der Waals surface area contributed by atoms with Crippen LogP contribution in [0.3, 0.4) is 0 Å². The molecule has 0 radical (unpaired) electrons. The summed E-state index contributed by atoms with van der Waals surface area (Å²) in [4.78, 5) is 20.5. The van der Waals surface area contributed by atoms with Crippen molar-refractivity contribution < 1.29 is 13.2 Å². The Morgan fingerprint density at radius 2 is 1.74 bits per heavy atom. The fraction of sp³-hybridized carbons (Fsp3) is 0.0909. The van der Waals surface area contributed by atoms with Crippen molar-refractivity contribution in [2.24, 2.45) is 0 Å². The van der Waals surface area contributed by atoms with Crippen LogP contribution < -0.4 is 5.32 Å². The van der Waals surface area contributed by atoms with Crippen LogP contribution in [0.1, 0.15) is 10.4 Å². The van der Waals surface area contributed by atoms with Crippen molar-refractivity contribution in [1.29, 1.82) is 0 Å². The molecular weight excluding hydrogens is 436 g/mol. The molecule has 1 heterocycles. The number of sulfonamides is 1. The first-order valence-electron chi connectivity index (χ1n) is 9.34. The maximum absolute atomic E-state index is 12.6. The number of hydrogen-bond donors (Lipinski definition) is 2. The van der Waals surface area contributed by atoms with Gasteiger partial charge in [-0.15, -0.1) is 0 Å². The predicted octanol–water partition coefficient (Wildman–Crippen LogP) is 4.39. The number of aromatic nitrogens is 2. The highest BCUT2D eigenvalue weighted by atomic mass is 35.5. The SMILES string of the molecule is CN(C)S(=O)(=O)c1ccc(C(=O)Nc2ccc3nc(-c4ccccc4Cl)[nH]c3c2)cc1. The molecule has 0 saturated carbocycles. The molecule has 0 saturated heterocycles. The fourth-order valence-electron chi connectivity index (χ4n) is 3.06. The summed E-state index contributed by atoms with van der Waals surface area (Å²) >= 11 is 6.25. The Morgan fingerprint density at radius 3 is 2.42 bits per heavy atom. The second-order valence-corrected chi connectivity index (χ2v) is 9.62. The normalized spacial score (nSPS) is 11.7. The van der Waals surface area contributed by atoms with E-state index in [2.05, 4.69) is 15.3 Å². The van der Waals surface area contributed by atoms with Crippen molar-refractivity contribution in [2.45, 2.75) is 4.90 Å². The first-order chi connectivity index (χ1) is 14.8. The van der Waals surface area contributed by atoms with Crippen molar-refractivity contribution in [1.82, 2.24) is 14.3 Å². The number of amides is 1. The third kappa shape index (κ3) is 4.18. The maximum atomic E-state index is 12.6. The number of anilines is 1. The van der Waals surface area contributed by atoms with Crippen LogP contribution in [0.4, 0.5) is 5.69 Å². The number of nitrogens with zero attached hydrogens (tertiary/aromatic N) is 2. The molecule has 1 aromatic heterocycles. The smallest absolute Gasteiger partial charge is 0.255 e. The summed E-state index contributed by atoms with van der Waals surface area (Å²) in [6.07, 6.45) is 0. The van der Waals surface area contributed by atoms with E-state index in [0.717, 1.165) is 20.9 Å². The van der Waals surface area contributed by atoms with Gasteiger partial charge in [-0.25, -0.2) is 17.7 Å². The number of halogens is 1. The van der Waals surface area contributed by atoms with Crippen molar-refractivity contribution >= 4 is 44.3 Å². The number of H-pyrrole nitrogens is 1. The molecule has 0 aliphatic rings. The minimum Gasteiger partial charge on any atom is -0.338 e. The van der Waals surface area contributed by atoms with Gasteiger partial charge in [-0.3, -0.25) is 4.79 Å². The number of carbonyl (C=O) groups excluding carboxylic acids is 1. The molecule has 0 aliphatic carbocycles. The summed E-state index contributed by atoms with van der Waals surface area (Å²) in [5, 5.41) is 3.41. The summed E-state index contributed by atoms with van der Waals surface area (Å²) in [7, 11) is -0.631. The van der Waals surface area contributed by atoms with Crippen LogP contribution in [0.25, 0.3) is 22.4 Å². The van der Waals surface area contributed by atoms with E-state index >= 15 is 0 Å². The third-order valence-corrected chi connectivity index (χ3v) is 6.92. The number of imidazole rings is 1. The van der Waals surface area contributed by atoms with Gasteiger partial charge in [0, 0.05) is 30.9 Å². The second-order valence-electron chi connectivity index (χ2n) is 7.06. The third-order valence-electron chi connectivity index (χ3n) is 4.76. The lowest BCUT2D eigenvalue weighted by molar-refractivity contribution is 0.102. The average molecular weight is 455 g/mol. The van der Waals surface area contributed by atoms with Gasteiger partial charge in [-0.1, -0.05) is 23.7 Å². The largest absolute Gasteiger partial charge is 0.338 e. The Hall–Kier alpha value is -3.20. The van der Waals surface area contributed by atoms with Crippen molar-refractivity contribution in [3.63, 3.8) is 0 Å². The van der Waals surface area contributed by atoms with Gasteiger partial charge >= 0.3 is 0 Å². The van der Waals surface area contributed by atoms with E-state index in [0.29, 0.717) is 22.1 Å². The number of fused-ring (bicyclic) bond motifs is 1. The number of carbonyl (C=O) groups is 1. The van der Waals surface area contributed by atoms with E-state index in [1.165, 1.54) is 38.4 Å². The molecule has 9 heteroatoms. The van der Waals surface area contributed by atoms with E-state index in [1.807, 2.05) is 18.2 Å². The lowest BCUT2D eigenvalue weighted by atomic mass is 10.2. The summed E-state index contributed by atoms with van der Waals surface area (Å²) in [6.45, 7) is 0. The molecule has 4 aromatic rings. The number of hydrogen-bond acceptors (Lipinski definition) is 4. The molecule has 0 spiro atoms. The number of nitrogens with one attached hydrogen (secondary N) is 2. The van der Waals surface area contributed by atoms with Crippen LogP contribution in [0.5, 0.6) is 0 Å². The van der Waals surface area contributed by atoms with E-state index in [1.54, 1.807) is 24.3 Å². The Balaban J connectivity index is 1.56. The Labute approximate surface area is 184 Å². The number of rotatable bonds is 5. The Bertz CT molecular complexity index is 1380. The minimum absolute atomic E-state index is 0.125. The highest BCUT2D eigenvalue weighted by Gasteiger charge is 2.17. The zero-order valence-corrected chi connectivity index (χ0v) is 18.3.